The van der Waals surface area contributed by atoms with Gasteiger partial charge in [0, 0.05) is 6.54 Å². The van der Waals surface area contributed by atoms with E-state index in [2.05, 4.69) is 9.97 Å². The zero-order valence-corrected chi connectivity index (χ0v) is 8.66. The topological polar surface area (TPSA) is 101 Å². The minimum absolute atomic E-state index is 0.269. The van der Waals surface area contributed by atoms with Gasteiger partial charge < -0.3 is 21.4 Å². The third kappa shape index (κ3) is 1.62. The molecule has 6 heteroatoms. The molecule has 82 valence electrons. The lowest BCUT2D eigenvalue weighted by Crippen LogP contribution is -2.40. The highest BCUT2D eigenvalue weighted by atomic mass is 16.1. The number of anilines is 2. The Morgan fingerprint density at radius 2 is 2.40 bits per heavy atom. The Balaban J connectivity index is 2.30. The Hall–Kier alpha value is -1.72. The monoisotopic (exact) mass is 209 g/mol. The van der Waals surface area contributed by atoms with Gasteiger partial charge in [0.15, 0.2) is 5.82 Å². The minimum atomic E-state index is -0.312. The number of carbonyl (C=O) groups is 1. The summed E-state index contributed by atoms with van der Waals surface area (Å²) in [7, 11) is 0. The van der Waals surface area contributed by atoms with Gasteiger partial charge in [0.25, 0.3) is 0 Å². The number of nitrogens with one attached hydrogen (secondary N) is 1. The van der Waals surface area contributed by atoms with Gasteiger partial charge in [-0.2, -0.15) is 0 Å². The molecule has 2 heterocycles. The largest absolute Gasteiger partial charge is 0.382 e. The Bertz CT molecular complexity index is 386. The maximum absolute atomic E-state index is 11.2. The van der Waals surface area contributed by atoms with Crippen molar-refractivity contribution in [1.29, 1.82) is 0 Å². The number of aryl methyl sites for hydroxylation is 1. The summed E-state index contributed by atoms with van der Waals surface area (Å²) in [5.41, 5.74) is 11.1. The molecule has 1 amide bonds. The number of hydrogen-bond acceptors (Lipinski definition) is 4. The van der Waals surface area contributed by atoms with Crippen LogP contribution in [0, 0.1) is 6.92 Å². The number of aromatic nitrogens is 2. The molecule has 6 nitrogen and oxygen atoms in total. The molecule has 1 fully saturated rings. The van der Waals surface area contributed by atoms with Crippen molar-refractivity contribution >= 4 is 17.5 Å². The van der Waals surface area contributed by atoms with E-state index >= 15 is 0 Å². The molecule has 1 aromatic heterocycles. The molecule has 1 unspecified atom stereocenters. The summed E-state index contributed by atoms with van der Waals surface area (Å²) >= 11 is 0. The highest BCUT2D eigenvalue weighted by Crippen LogP contribution is 2.28. The van der Waals surface area contributed by atoms with Gasteiger partial charge in [0.05, 0.1) is 0 Å². The second-order valence-electron chi connectivity index (χ2n) is 3.81. The average molecular weight is 209 g/mol. The summed E-state index contributed by atoms with van der Waals surface area (Å²) in [6, 6.07) is -0.269. The van der Waals surface area contributed by atoms with Gasteiger partial charge in [-0.15, -0.1) is 0 Å². The van der Waals surface area contributed by atoms with E-state index in [1.165, 1.54) is 0 Å². The SMILES string of the molecule is Cc1nc(N2CCCC2C(N)=O)c(N)[nH]1. The molecule has 1 saturated heterocycles. The average Bonchev–Trinajstić information content (AvgIpc) is 2.71. The van der Waals surface area contributed by atoms with Gasteiger partial charge in [-0.3, -0.25) is 4.79 Å². The highest BCUT2D eigenvalue weighted by molar-refractivity contribution is 5.85. The van der Waals surface area contributed by atoms with Crippen molar-refractivity contribution in [2.75, 3.05) is 17.2 Å². The summed E-state index contributed by atoms with van der Waals surface area (Å²) in [6.07, 6.45) is 1.72. The van der Waals surface area contributed by atoms with Crippen LogP contribution >= 0.6 is 0 Å². The van der Waals surface area contributed by atoms with Crippen LogP contribution in [0.3, 0.4) is 0 Å². The first kappa shape index (κ1) is 9.82. The van der Waals surface area contributed by atoms with Crippen LogP contribution < -0.4 is 16.4 Å². The normalized spacial score (nSPS) is 20.9. The predicted molar refractivity (Wildman–Crippen MR) is 57.3 cm³/mol. The number of amides is 1. The van der Waals surface area contributed by atoms with Gasteiger partial charge in [0.2, 0.25) is 5.91 Å². The molecule has 0 saturated carbocycles. The fourth-order valence-corrected chi connectivity index (χ4v) is 2.03. The minimum Gasteiger partial charge on any atom is -0.382 e. The third-order valence-electron chi connectivity index (χ3n) is 2.68. The maximum Gasteiger partial charge on any atom is 0.240 e. The van der Waals surface area contributed by atoms with Crippen molar-refractivity contribution in [2.45, 2.75) is 25.8 Å². The number of rotatable bonds is 2. The van der Waals surface area contributed by atoms with E-state index in [0.29, 0.717) is 11.6 Å². The van der Waals surface area contributed by atoms with E-state index in [-0.39, 0.29) is 11.9 Å². The number of nitrogens with two attached hydrogens (primary N) is 2. The number of aromatic amines is 1. The number of H-pyrrole nitrogens is 1. The molecule has 0 aliphatic carbocycles. The Labute approximate surface area is 87.6 Å². The van der Waals surface area contributed by atoms with Crippen LogP contribution in [0.2, 0.25) is 0 Å². The lowest BCUT2D eigenvalue weighted by atomic mass is 10.2. The van der Waals surface area contributed by atoms with Gasteiger partial charge in [-0.05, 0) is 19.8 Å². The molecule has 1 aromatic rings. The summed E-state index contributed by atoms with van der Waals surface area (Å²) in [5, 5.41) is 0. The number of nitrogens with zero attached hydrogens (tertiary/aromatic N) is 2. The van der Waals surface area contributed by atoms with E-state index < -0.39 is 0 Å². The number of carbonyl (C=O) groups excluding carboxylic acids is 1. The molecule has 2 rings (SSSR count). The van der Waals surface area contributed by atoms with Crippen molar-refractivity contribution in [2.24, 2.45) is 5.73 Å². The van der Waals surface area contributed by atoms with Crippen molar-refractivity contribution in [3.8, 4) is 0 Å². The zero-order chi connectivity index (χ0) is 11.0. The van der Waals surface area contributed by atoms with E-state index in [1.807, 2.05) is 11.8 Å². The van der Waals surface area contributed by atoms with E-state index in [9.17, 15) is 4.79 Å². The summed E-state index contributed by atoms with van der Waals surface area (Å²) in [4.78, 5) is 20.3. The van der Waals surface area contributed by atoms with E-state index in [1.54, 1.807) is 0 Å². The fourth-order valence-electron chi connectivity index (χ4n) is 2.03. The Morgan fingerprint density at radius 1 is 1.67 bits per heavy atom. The zero-order valence-electron chi connectivity index (χ0n) is 8.66. The highest BCUT2D eigenvalue weighted by Gasteiger charge is 2.31. The first-order chi connectivity index (χ1) is 7.09. The molecule has 1 atom stereocenters. The second-order valence-corrected chi connectivity index (χ2v) is 3.81. The van der Waals surface area contributed by atoms with Crippen molar-refractivity contribution < 1.29 is 4.79 Å². The van der Waals surface area contributed by atoms with Crippen LogP contribution in [-0.4, -0.2) is 28.5 Å². The molecule has 0 bridgehead atoms. The van der Waals surface area contributed by atoms with Crippen LogP contribution in [0.15, 0.2) is 0 Å². The smallest absolute Gasteiger partial charge is 0.240 e. The fraction of sp³-hybridized carbons (Fsp3) is 0.556. The molecule has 5 N–H and O–H groups in total. The van der Waals surface area contributed by atoms with Crippen LogP contribution in [0.1, 0.15) is 18.7 Å². The number of imidazole rings is 1. The summed E-state index contributed by atoms with van der Waals surface area (Å²) < 4.78 is 0. The van der Waals surface area contributed by atoms with Crippen molar-refractivity contribution in [3.05, 3.63) is 5.82 Å². The third-order valence-corrected chi connectivity index (χ3v) is 2.68. The lowest BCUT2D eigenvalue weighted by molar-refractivity contribution is -0.119. The molecule has 1 aliphatic heterocycles. The van der Waals surface area contributed by atoms with E-state index in [0.717, 1.165) is 25.2 Å². The number of primary amides is 1. The van der Waals surface area contributed by atoms with Gasteiger partial charge in [0.1, 0.15) is 17.7 Å². The molecule has 0 aromatic carbocycles. The molecule has 0 spiro atoms. The quantitative estimate of drug-likeness (QED) is 0.625. The first-order valence-electron chi connectivity index (χ1n) is 4.97. The predicted octanol–water partition coefficient (Wildman–Crippen LogP) is -0.246. The van der Waals surface area contributed by atoms with Crippen LogP contribution in [0.4, 0.5) is 11.6 Å². The van der Waals surface area contributed by atoms with Crippen LogP contribution in [-0.2, 0) is 4.79 Å². The van der Waals surface area contributed by atoms with Crippen molar-refractivity contribution in [3.63, 3.8) is 0 Å². The number of nitrogen functional groups attached to an aromatic ring is 1. The maximum atomic E-state index is 11.2. The second kappa shape index (κ2) is 3.45. The first-order valence-corrected chi connectivity index (χ1v) is 4.97. The Morgan fingerprint density at radius 3 is 2.93 bits per heavy atom. The summed E-state index contributed by atoms with van der Waals surface area (Å²) in [5.74, 6) is 1.58. The van der Waals surface area contributed by atoms with Gasteiger partial charge >= 0.3 is 0 Å². The standard InChI is InChI=1S/C9H15N5O/c1-5-12-7(10)9(13-5)14-4-2-3-6(14)8(11)15/h6H,2-4,10H2,1H3,(H2,11,15)(H,12,13). The van der Waals surface area contributed by atoms with Crippen LogP contribution in [0.5, 0.6) is 0 Å². The van der Waals surface area contributed by atoms with Crippen molar-refractivity contribution in [1.82, 2.24) is 9.97 Å². The van der Waals surface area contributed by atoms with Crippen LogP contribution in [0.25, 0.3) is 0 Å². The molecule has 15 heavy (non-hydrogen) atoms. The Kier molecular flexibility index (Phi) is 2.26. The molecular weight excluding hydrogens is 194 g/mol. The number of hydrogen-bond donors (Lipinski definition) is 3. The molecule has 0 radical (unpaired) electrons. The van der Waals surface area contributed by atoms with E-state index in [4.69, 9.17) is 11.5 Å². The van der Waals surface area contributed by atoms with Gasteiger partial charge in [-0.1, -0.05) is 0 Å². The van der Waals surface area contributed by atoms with Gasteiger partial charge in [-0.25, -0.2) is 4.98 Å². The molecular formula is C9H15N5O. The molecule has 1 aliphatic rings. The lowest BCUT2D eigenvalue weighted by Gasteiger charge is -2.22. The summed E-state index contributed by atoms with van der Waals surface area (Å²) in [6.45, 7) is 2.61.